The number of aromatic nitrogens is 1. The molecule has 0 saturated carbocycles. The van der Waals surface area contributed by atoms with Gasteiger partial charge < -0.3 is 15.0 Å². The second-order valence-corrected chi connectivity index (χ2v) is 5.75. The van der Waals surface area contributed by atoms with Crippen LogP contribution in [0.4, 0.5) is 0 Å². The summed E-state index contributed by atoms with van der Waals surface area (Å²) in [6.07, 6.45) is 2.44. The Bertz CT molecular complexity index is 546. The monoisotopic (exact) mass is 318 g/mol. The maximum Gasteiger partial charge on any atom is 0.269 e. The minimum Gasteiger partial charge on any atom is -0.379 e. The minimum atomic E-state index is -0.207. The summed E-state index contributed by atoms with van der Waals surface area (Å²) in [6.45, 7) is 4.77. The zero-order valence-electron chi connectivity index (χ0n) is 13.1. The SMILES string of the molecule is O=C(NCCN1CCC(N2CCOCC2)C1=O)c1ccccn1. The largest absolute Gasteiger partial charge is 0.379 e. The van der Waals surface area contributed by atoms with Crippen LogP contribution in [0.15, 0.2) is 24.4 Å². The van der Waals surface area contributed by atoms with E-state index in [1.54, 1.807) is 24.4 Å². The average Bonchev–Trinajstić information content (AvgIpc) is 2.97. The van der Waals surface area contributed by atoms with Gasteiger partial charge in [-0.1, -0.05) is 6.07 Å². The van der Waals surface area contributed by atoms with Crippen LogP contribution >= 0.6 is 0 Å². The first-order chi connectivity index (χ1) is 11.3. The zero-order valence-corrected chi connectivity index (χ0v) is 13.1. The summed E-state index contributed by atoms with van der Waals surface area (Å²) >= 11 is 0. The molecule has 1 aromatic heterocycles. The van der Waals surface area contributed by atoms with Gasteiger partial charge in [-0.25, -0.2) is 0 Å². The van der Waals surface area contributed by atoms with Gasteiger partial charge in [-0.3, -0.25) is 19.5 Å². The summed E-state index contributed by atoms with van der Waals surface area (Å²) in [5, 5.41) is 2.81. The van der Waals surface area contributed by atoms with E-state index in [2.05, 4.69) is 15.2 Å². The number of rotatable bonds is 5. The normalized spacial score (nSPS) is 22.3. The molecule has 1 unspecified atom stereocenters. The van der Waals surface area contributed by atoms with Crippen LogP contribution in [0.2, 0.25) is 0 Å². The summed E-state index contributed by atoms with van der Waals surface area (Å²) in [4.78, 5) is 32.4. The van der Waals surface area contributed by atoms with Crippen LogP contribution in [0.1, 0.15) is 16.9 Å². The highest BCUT2D eigenvalue weighted by atomic mass is 16.5. The van der Waals surface area contributed by atoms with E-state index in [0.29, 0.717) is 32.0 Å². The van der Waals surface area contributed by atoms with Crippen LogP contribution < -0.4 is 5.32 Å². The molecule has 0 aromatic carbocycles. The third kappa shape index (κ3) is 3.86. The van der Waals surface area contributed by atoms with Gasteiger partial charge in [-0.15, -0.1) is 0 Å². The smallest absolute Gasteiger partial charge is 0.269 e. The van der Waals surface area contributed by atoms with E-state index < -0.39 is 0 Å². The third-order valence-electron chi connectivity index (χ3n) is 4.32. The second-order valence-electron chi connectivity index (χ2n) is 5.75. The summed E-state index contributed by atoms with van der Waals surface area (Å²) in [5.74, 6) is -0.0408. The lowest BCUT2D eigenvalue weighted by molar-refractivity contribution is -0.133. The summed E-state index contributed by atoms with van der Waals surface area (Å²) in [7, 11) is 0. The lowest BCUT2D eigenvalue weighted by Crippen LogP contribution is -2.48. The maximum atomic E-state index is 12.5. The van der Waals surface area contributed by atoms with Gasteiger partial charge in [0, 0.05) is 38.9 Å². The Balaban J connectivity index is 1.44. The van der Waals surface area contributed by atoms with Crippen molar-refractivity contribution >= 4 is 11.8 Å². The molecule has 2 aliphatic rings. The van der Waals surface area contributed by atoms with E-state index >= 15 is 0 Å². The molecule has 1 N–H and O–H groups in total. The molecule has 0 radical (unpaired) electrons. The summed E-state index contributed by atoms with van der Waals surface area (Å²) in [5.41, 5.74) is 0.395. The van der Waals surface area contributed by atoms with E-state index in [-0.39, 0.29) is 17.9 Å². The molecule has 0 bridgehead atoms. The molecule has 7 heteroatoms. The summed E-state index contributed by atoms with van der Waals surface area (Å²) in [6, 6.07) is 5.19. The first kappa shape index (κ1) is 15.9. The van der Waals surface area contributed by atoms with E-state index in [1.807, 2.05) is 4.90 Å². The molecule has 2 saturated heterocycles. The highest BCUT2D eigenvalue weighted by molar-refractivity contribution is 5.92. The molecule has 7 nitrogen and oxygen atoms in total. The van der Waals surface area contributed by atoms with Crippen molar-refractivity contribution in [1.29, 1.82) is 0 Å². The Morgan fingerprint density at radius 3 is 2.87 bits per heavy atom. The van der Waals surface area contributed by atoms with Gasteiger partial charge in [0.1, 0.15) is 5.69 Å². The van der Waals surface area contributed by atoms with Crippen molar-refractivity contribution in [1.82, 2.24) is 20.1 Å². The van der Waals surface area contributed by atoms with Crippen LogP contribution in [-0.2, 0) is 9.53 Å². The fourth-order valence-corrected chi connectivity index (χ4v) is 3.06. The van der Waals surface area contributed by atoms with Crippen LogP contribution in [0.3, 0.4) is 0 Å². The van der Waals surface area contributed by atoms with Gasteiger partial charge in [-0.2, -0.15) is 0 Å². The fourth-order valence-electron chi connectivity index (χ4n) is 3.06. The number of amides is 2. The van der Waals surface area contributed by atoms with E-state index in [4.69, 9.17) is 4.74 Å². The first-order valence-electron chi connectivity index (χ1n) is 8.05. The van der Waals surface area contributed by atoms with E-state index in [9.17, 15) is 9.59 Å². The van der Waals surface area contributed by atoms with Crippen molar-refractivity contribution in [3.63, 3.8) is 0 Å². The van der Waals surface area contributed by atoms with Crippen molar-refractivity contribution in [2.75, 3.05) is 45.9 Å². The van der Waals surface area contributed by atoms with Crippen molar-refractivity contribution in [3.05, 3.63) is 30.1 Å². The predicted molar refractivity (Wildman–Crippen MR) is 83.9 cm³/mol. The number of hydrogen-bond donors (Lipinski definition) is 1. The molecule has 2 fully saturated rings. The quantitative estimate of drug-likeness (QED) is 0.810. The molecule has 3 heterocycles. The third-order valence-corrected chi connectivity index (χ3v) is 4.32. The van der Waals surface area contributed by atoms with E-state index in [1.165, 1.54) is 0 Å². The van der Waals surface area contributed by atoms with Gasteiger partial charge in [0.15, 0.2) is 0 Å². The maximum absolute atomic E-state index is 12.5. The van der Waals surface area contributed by atoms with Crippen LogP contribution in [0.5, 0.6) is 0 Å². The number of hydrogen-bond acceptors (Lipinski definition) is 5. The molecule has 0 aliphatic carbocycles. The molecule has 2 aliphatic heterocycles. The van der Waals surface area contributed by atoms with Gasteiger partial charge in [0.2, 0.25) is 5.91 Å². The number of carbonyl (C=O) groups is 2. The Hall–Kier alpha value is -1.99. The Morgan fingerprint density at radius 1 is 1.30 bits per heavy atom. The number of nitrogens with one attached hydrogen (secondary N) is 1. The van der Waals surface area contributed by atoms with Gasteiger partial charge in [-0.05, 0) is 18.6 Å². The highest BCUT2D eigenvalue weighted by Gasteiger charge is 2.36. The van der Waals surface area contributed by atoms with E-state index in [0.717, 1.165) is 26.1 Å². The number of likely N-dealkylation sites (tertiary alicyclic amines) is 1. The number of carbonyl (C=O) groups excluding carboxylic acids is 2. The molecule has 2 amide bonds. The van der Waals surface area contributed by atoms with Crippen LogP contribution in [0.25, 0.3) is 0 Å². The van der Waals surface area contributed by atoms with Crippen molar-refractivity contribution in [3.8, 4) is 0 Å². The molecular weight excluding hydrogens is 296 g/mol. The molecule has 1 atom stereocenters. The highest BCUT2D eigenvalue weighted by Crippen LogP contribution is 2.18. The van der Waals surface area contributed by atoms with Gasteiger partial charge in [0.05, 0.1) is 19.3 Å². The lowest BCUT2D eigenvalue weighted by Gasteiger charge is -2.31. The average molecular weight is 318 g/mol. The van der Waals surface area contributed by atoms with Crippen molar-refractivity contribution in [2.45, 2.75) is 12.5 Å². The zero-order chi connectivity index (χ0) is 16.1. The number of morpholine rings is 1. The fraction of sp³-hybridized carbons (Fsp3) is 0.562. The predicted octanol–water partition coefficient (Wildman–Crippen LogP) is -0.255. The Labute approximate surface area is 135 Å². The van der Waals surface area contributed by atoms with Gasteiger partial charge >= 0.3 is 0 Å². The summed E-state index contributed by atoms with van der Waals surface area (Å²) < 4.78 is 5.33. The molecule has 124 valence electrons. The van der Waals surface area contributed by atoms with Crippen LogP contribution in [-0.4, -0.2) is 78.6 Å². The second kappa shape index (κ2) is 7.52. The lowest BCUT2D eigenvalue weighted by atomic mass is 10.2. The molecule has 0 spiro atoms. The molecular formula is C16H22N4O3. The van der Waals surface area contributed by atoms with Crippen molar-refractivity contribution < 1.29 is 14.3 Å². The molecule has 23 heavy (non-hydrogen) atoms. The number of pyridine rings is 1. The number of ether oxygens (including phenoxy) is 1. The Kier molecular flexibility index (Phi) is 5.19. The molecule has 1 aromatic rings. The minimum absolute atomic E-state index is 0.0228. The Morgan fingerprint density at radius 2 is 2.13 bits per heavy atom. The number of nitrogens with zero attached hydrogens (tertiary/aromatic N) is 3. The standard InChI is InChI=1S/C16H22N4O3/c21-15(13-3-1-2-5-17-13)18-6-8-20-7-4-14(16(20)22)19-9-11-23-12-10-19/h1-3,5,14H,4,6-12H2,(H,18,21). The van der Waals surface area contributed by atoms with Crippen molar-refractivity contribution in [2.24, 2.45) is 0 Å². The molecule has 3 rings (SSSR count). The van der Waals surface area contributed by atoms with Gasteiger partial charge in [0.25, 0.3) is 5.91 Å². The first-order valence-corrected chi connectivity index (χ1v) is 8.05. The topological polar surface area (TPSA) is 74.8 Å². The van der Waals surface area contributed by atoms with Crippen LogP contribution in [0, 0.1) is 0 Å².